The fourth-order valence-corrected chi connectivity index (χ4v) is 3.30. The first-order valence-corrected chi connectivity index (χ1v) is 9.68. The number of rotatable bonds is 5. The smallest absolute Gasteiger partial charge is 0.255 e. The lowest BCUT2D eigenvalue weighted by molar-refractivity contribution is -0.117. The number of aromatic nitrogens is 4. The predicted molar refractivity (Wildman–Crippen MR) is 114 cm³/mol. The molecule has 0 aromatic carbocycles. The number of hydrogen-bond donors (Lipinski definition) is 2. The Morgan fingerprint density at radius 1 is 1.19 bits per heavy atom. The van der Waals surface area contributed by atoms with Crippen molar-refractivity contribution in [2.24, 2.45) is 0 Å². The summed E-state index contributed by atoms with van der Waals surface area (Å²) in [6.07, 6.45) is 4.55. The summed E-state index contributed by atoms with van der Waals surface area (Å²) in [4.78, 5) is 46.1. The summed E-state index contributed by atoms with van der Waals surface area (Å²) in [7, 11) is 1.66. The molecule has 2 amide bonds. The topological polar surface area (TPSA) is 124 Å². The molecule has 2 N–H and O–H groups in total. The Kier molecular flexibility index (Phi) is 5.54. The highest BCUT2D eigenvalue weighted by atomic mass is 16.3. The molecule has 3 aromatic heterocycles. The standard InChI is InChI=1S/C21H21N7O3/c1-13-4-3-5-15(25-13)19-24-11-17-20(26-19)28(12-18(30)27(17)2)16-6-7-22-10-14(16)21(31)23-8-9-29/h3-7,10-11,29H,8-9,12H2,1-2H3,(H,23,31). The number of nitrogens with zero attached hydrogens (tertiary/aromatic N) is 6. The van der Waals surface area contributed by atoms with E-state index in [9.17, 15) is 9.59 Å². The van der Waals surface area contributed by atoms with Crippen LogP contribution >= 0.6 is 0 Å². The number of aryl methyl sites for hydroxylation is 1. The largest absolute Gasteiger partial charge is 0.395 e. The molecule has 4 heterocycles. The number of carbonyl (C=O) groups excluding carboxylic acids is 2. The second-order valence-corrected chi connectivity index (χ2v) is 6.98. The van der Waals surface area contributed by atoms with E-state index in [2.05, 4.69) is 20.3 Å². The molecule has 1 aliphatic rings. The zero-order valence-electron chi connectivity index (χ0n) is 17.1. The Hall–Kier alpha value is -3.92. The van der Waals surface area contributed by atoms with Crippen molar-refractivity contribution in [3.05, 3.63) is 54.1 Å². The third-order valence-corrected chi connectivity index (χ3v) is 4.88. The number of amides is 2. The molecule has 0 bridgehead atoms. The van der Waals surface area contributed by atoms with E-state index >= 15 is 0 Å². The Balaban J connectivity index is 1.83. The third-order valence-electron chi connectivity index (χ3n) is 4.88. The second-order valence-electron chi connectivity index (χ2n) is 6.98. The minimum atomic E-state index is -0.403. The number of carbonyl (C=O) groups is 2. The lowest BCUT2D eigenvalue weighted by Crippen LogP contribution is -2.43. The van der Waals surface area contributed by atoms with Gasteiger partial charge in [0.05, 0.1) is 24.1 Å². The van der Waals surface area contributed by atoms with Crippen LogP contribution in [0.25, 0.3) is 11.5 Å². The van der Waals surface area contributed by atoms with Crippen LogP contribution in [0.2, 0.25) is 0 Å². The van der Waals surface area contributed by atoms with Gasteiger partial charge in [-0.05, 0) is 25.1 Å². The Bertz CT molecular complexity index is 1150. The van der Waals surface area contributed by atoms with Gasteiger partial charge in [-0.25, -0.2) is 15.0 Å². The molecule has 0 atom stereocenters. The van der Waals surface area contributed by atoms with Crippen molar-refractivity contribution in [1.82, 2.24) is 25.3 Å². The van der Waals surface area contributed by atoms with Crippen LogP contribution in [0.3, 0.4) is 0 Å². The summed E-state index contributed by atoms with van der Waals surface area (Å²) < 4.78 is 0. The highest BCUT2D eigenvalue weighted by Gasteiger charge is 2.32. The van der Waals surface area contributed by atoms with Gasteiger partial charge in [-0.1, -0.05) is 6.07 Å². The molecule has 0 radical (unpaired) electrons. The maximum atomic E-state index is 12.7. The summed E-state index contributed by atoms with van der Waals surface area (Å²) >= 11 is 0. The fraction of sp³-hybridized carbons (Fsp3) is 0.238. The van der Waals surface area contributed by atoms with Crippen molar-refractivity contribution in [2.75, 3.05) is 36.5 Å². The number of pyridine rings is 2. The molecule has 0 fully saturated rings. The molecule has 10 nitrogen and oxygen atoms in total. The number of anilines is 3. The van der Waals surface area contributed by atoms with Gasteiger partial charge in [-0.3, -0.25) is 14.6 Å². The van der Waals surface area contributed by atoms with E-state index < -0.39 is 5.91 Å². The lowest BCUT2D eigenvalue weighted by Gasteiger charge is -2.34. The molecule has 31 heavy (non-hydrogen) atoms. The van der Waals surface area contributed by atoms with Gasteiger partial charge in [0.15, 0.2) is 11.6 Å². The van der Waals surface area contributed by atoms with Gasteiger partial charge >= 0.3 is 0 Å². The van der Waals surface area contributed by atoms with Crippen LogP contribution in [0.5, 0.6) is 0 Å². The maximum Gasteiger partial charge on any atom is 0.255 e. The van der Waals surface area contributed by atoms with Crippen molar-refractivity contribution in [1.29, 1.82) is 0 Å². The number of fused-ring (bicyclic) bond motifs is 1. The van der Waals surface area contributed by atoms with Crippen LogP contribution in [0.15, 0.2) is 42.9 Å². The average molecular weight is 419 g/mol. The molecule has 3 aromatic rings. The first-order valence-electron chi connectivity index (χ1n) is 9.68. The van der Waals surface area contributed by atoms with Crippen molar-refractivity contribution >= 4 is 29.0 Å². The van der Waals surface area contributed by atoms with E-state index in [4.69, 9.17) is 10.1 Å². The number of likely N-dealkylation sites (N-methyl/N-ethyl adjacent to an activating group) is 1. The fourth-order valence-electron chi connectivity index (χ4n) is 3.30. The van der Waals surface area contributed by atoms with Gasteiger partial charge in [0.2, 0.25) is 5.91 Å². The van der Waals surface area contributed by atoms with Crippen LogP contribution in [0.1, 0.15) is 16.1 Å². The predicted octanol–water partition coefficient (Wildman–Crippen LogP) is 1.08. The maximum absolute atomic E-state index is 12.7. The van der Waals surface area contributed by atoms with E-state index in [1.165, 1.54) is 11.1 Å². The van der Waals surface area contributed by atoms with Gasteiger partial charge in [-0.15, -0.1) is 0 Å². The number of nitrogens with one attached hydrogen (secondary N) is 1. The van der Waals surface area contributed by atoms with Crippen molar-refractivity contribution < 1.29 is 14.7 Å². The van der Waals surface area contributed by atoms with Crippen molar-refractivity contribution in [2.45, 2.75) is 6.92 Å². The van der Waals surface area contributed by atoms with E-state index in [1.54, 1.807) is 30.4 Å². The zero-order valence-corrected chi connectivity index (χ0v) is 17.1. The minimum absolute atomic E-state index is 0.00844. The first kappa shape index (κ1) is 20.4. The number of aliphatic hydroxyl groups excluding tert-OH is 1. The number of aliphatic hydroxyl groups is 1. The van der Waals surface area contributed by atoms with Gasteiger partial charge in [0, 0.05) is 31.7 Å². The van der Waals surface area contributed by atoms with Gasteiger partial charge < -0.3 is 20.2 Å². The SMILES string of the molecule is Cc1cccc(-c2ncc3c(n2)N(c2ccncc2C(=O)NCCO)CC(=O)N3C)n1. The molecule has 4 rings (SSSR count). The Morgan fingerprint density at radius 3 is 2.81 bits per heavy atom. The van der Waals surface area contributed by atoms with Gasteiger partial charge in [0.1, 0.15) is 17.9 Å². The summed E-state index contributed by atoms with van der Waals surface area (Å²) in [6, 6.07) is 7.23. The van der Waals surface area contributed by atoms with E-state index in [0.717, 1.165) is 5.69 Å². The average Bonchev–Trinajstić information content (AvgIpc) is 2.79. The second kappa shape index (κ2) is 8.44. The Labute approximate surface area is 178 Å². The zero-order chi connectivity index (χ0) is 22.0. The monoisotopic (exact) mass is 419 g/mol. The third kappa shape index (κ3) is 3.92. The highest BCUT2D eigenvalue weighted by molar-refractivity contribution is 6.07. The molecule has 10 heteroatoms. The molecular formula is C21H21N7O3. The van der Waals surface area contributed by atoms with Crippen LogP contribution < -0.4 is 15.1 Å². The number of hydrogen-bond acceptors (Lipinski definition) is 8. The molecule has 0 saturated carbocycles. The summed E-state index contributed by atoms with van der Waals surface area (Å²) in [6.45, 7) is 1.80. The lowest BCUT2D eigenvalue weighted by atomic mass is 10.1. The van der Waals surface area contributed by atoms with E-state index in [0.29, 0.717) is 28.7 Å². The summed E-state index contributed by atoms with van der Waals surface area (Å²) in [5.74, 6) is 0.323. The van der Waals surface area contributed by atoms with Crippen LogP contribution in [-0.4, -0.2) is 63.6 Å². The van der Waals surface area contributed by atoms with Gasteiger partial charge in [0.25, 0.3) is 5.91 Å². The normalized spacial score (nSPS) is 13.2. The first-order chi connectivity index (χ1) is 15.0. The van der Waals surface area contributed by atoms with Crippen LogP contribution in [-0.2, 0) is 4.79 Å². The quantitative estimate of drug-likeness (QED) is 0.630. The van der Waals surface area contributed by atoms with E-state index in [-0.39, 0.29) is 31.2 Å². The molecular weight excluding hydrogens is 398 g/mol. The van der Waals surface area contributed by atoms with Crippen LogP contribution in [0.4, 0.5) is 17.2 Å². The molecule has 158 valence electrons. The molecule has 0 saturated heterocycles. The Morgan fingerprint density at radius 2 is 2.03 bits per heavy atom. The summed E-state index contributed by atoms with van der Waals surface area (Å²) in [5, 5.41) is 11.6. The molecule has 0 unspecified atom stereocenters. The molecule has 0 aliphatic carbocycles. The van der Waals surface area contributed by atoms with E-state index in [1.807, 2.05) is 25.1 Å². The molecule has 0 spiro atoms. The van der Waals surface area contributed by atoms with Crippen molar-refractivity contribution in [3.8, 4) is 11.5 Å². The minimum Gasteiger partial charge on any atom is -0.395 e. The molecule has 1 aliphatic heterocycles. The summed E-state index contributed by atoms with van der Waals surface area (Å²) in [5.41, 5.74) is 2.71. The van der Waals surface area contributed by atoms with Crippen LogP contribution in [0, 0.1) is 6.92 Å². The van der Waals surface area contributed by atoms with Crippen molar-refractivity contribution in [3.63, 3.8) is 0 Å². The highest BCUT2D eigenvalue weighted by Crippen LogP contribution is 2.37. The van der Waals surface area contributed by atoms with Gasteiger partial charge in [-0.2, -0.15) is 0 Å².